The zero-order valence-electron chi connectivity index (χ0n) is 23.0. The SMILES string of the molecule is CCCOc1ccc(C2NC(Cc3ccc([N+](=O)[O-])cc3)(C(=O)O)C3C(=O)N(CCSc4ccccc4)C(=O)C23)cc1. The highest BCUT2D eigenvalue weighted by Crippen LogP contribution is 2.50. The van der Waals surface area contributed by atoms with Crippen molar-refractivity contribution in [2.45, 2.75) is 36.2 Å². The van der Waals surface area contributed by atoms with Gasteiger partial charge in [0.25, 0.3) is 5.69 Å². The maximum Gasteiger partial charge on any atom is 0.325 e. The van der Waals surface area contributed by atoms with E-state index in [4.69, 9.17) is 4.74 Å². The van der Waals surface area contributed by atoms with Crippen LogP contribution in [0.5, 0.6) is 5.75 Å². The van der Waals surface area contributed by atoms with Gasteiger partial charge in [0.1, 0.15) is 11.3 Å². The Hall–Kier alpha value is -4.22. The van der Waals surface area contributed by atoms with Gasteiger partial charge in [-0.3, -0.25) is 34.7 Å². The Morgan fingerprint density at radius 3 is 2.36 bits per heavy atom. The molecule has 0 bridgehead atoms. The molecular formula is C31H31N3O7S. The zero-order chi connectivity index (χ0) is 29.9. The van der Waals surface area contributed by atoms with Gasteiger partial charge in [-0.1, -0.05) is 49.4 Å². The van der Waals surface area contributed by atoms with Gasteiger partial charge in [0.05, 0.1) is 23.4 Å². The van der Waals surface area contributed by atoms with E-state index >= 15 is 0 Å². The van der Waals surface area contributed by atoms with Gasteiger partial charge in [0.15, 0.2) is 0 Å². The lowest BCUT2D eigenvalue weighted by molar-refractivity contribution is -0.384. The molecule has 0 aromatic heterocycles. The molecule has 2 amide bonds. The molecule has 2 aliphatic heterocycles. The molecule has 2 N–H and O–H groups in total. The van der Waals surface area contributed by atoms with E-state index in [0.29, 0.717) is 29.2 Å². The first-order valence-electron chi connectivity index (χ1n) is 13.8. The van der Waals surface area contributed by atoms with Gasteiger partial charge in [0.2, 0.25) is 11.8 Å². The molecule has 3 aromatic rings. The Kier molecular flexibility index (Phi) is 8.60. The van der Waals surface area contributed by atoms with E-state index < -0.39 is 46.1 Å². The van der Waals surface area contributed by atoms with E-state index in [9.17, 15) is 29.6 Å². The number of carboxylic acid groups (broad SMARTS) is 1. The summed E-state index contributed by atoms with van der Waals surface area (Å²) in [6.07, 6.45) is 0.704. The van der Waals surface area contributed by atoms with Crippen LogP contribution < -0.4 is 10.1 Å². The van der Waals surface area contributed by atoms with Crippen LogP contribution in [-0.4, -0.2) is 57.2 Å². The van der Waals surface area contributed by atoms with Crippen LogP contribution in [0.4, 0.5) is 5.69 Å². The molecule has 2 saturated heterocycles. The molecule has 4 atom stereocenters. The Morgan fingerprint density at radius 2 is 1.74 bits per heavy atom. The second kappa shape index (κ2) is 12.3. The molecule has 0 radical (unpaired) electrons. The number of fused-ring (bicyclic) bond motifs is 1. The Labute approximate surface area is 247 Å². The molecule has 5 rings (SSSR count). The van der Waals surface area contributed by atoms with E-state index in [1.54, 1.807) is 24.3 Å². The first kappa shape index (κ1) is 29.3. The number of hydrogen-bond acceptors (Lipinski definition) is 8. The third kappa shape index (κ3) is 5.62. The molecule has 10 nitrogen and oxygen atoms in total. The standard InChI is InChI=1S/C31H31N3O7S/c1-2-17-41-23-14-10-21(11-15-23)27-25-26(29(36)33(28(25)35)16-18-42-24-6-4-3-5-7-24)31(32-27,30(37)38)19-20-8-12-22(13-9-20)34(39)40/h3-15,25-27,32H,2,16-19H2,1H3,(H,37,38). The number of nitro benzene ring substituents is 1. The number of nitrogens with zero attached hydrogens (tertiary/aromatic N) is 2. The maximum atomic E-state index is 13.9. The molecule has 2 fully saturated rings. The van der Waals surface area contributed by atoms with Crippen molar-refractivity contribution in [3.63, 3.8) is 0 Å². The highest BCUT2D eigenvalue weighted by atomic mass is 32.2. The molecule has 4 unspecified atom stereocenters. The summed E-state index contributed by atoms with van der Waals surface area (Å²) in [5.41, 5.74) is -0.770. The molecule has 2 aliphatic rings. The van der Waals surface area contributed by atoms with Crippen molar-refractivity contribution in [1.29, 1.82) is 0 Å². The molecule has 42 heavy (non-hydrogen) atoms. The second-order valence-electron chi connectivity index (χ2n) is 10.4. The van der Waals surface area contributed by atoms with E-state index in [0.717, 1.165) is 11.3 Å². The molecule has 11 heteroatoms. The highest BCUT2D eigenvalue weighted by molar-refractivity contribution is 7.99. The number of rotatable bonds is 12. The number of non-ortho nitro benzene ring substituents is 1. The maximum absolute atomic E-state index is 13.9. The highest BCUT2D eigenvalue weighted by Gasteiger charge is 2.68. The van der Waals surface area contributed by atoms with Gasteiger partial charge in [-0.2, -0.15) is 0 Å². The Morgan fingerprint density at radius 1 is 1.05 bits per heavy atom. The molecule has 0 aliphatic carbocycles. The number of nitro groups is 1. The largest absolute Gasteiger partial charge is 0.494 e. The van der Waals surface area contributed by atoms with Gasteiger partial charge in [-0.05, 0) is 41.8 Å². The fourth-order valence-electron chi connectivity index (χ4n) is 5.82. The predicted molar refractivity (Wildman–Crippen MR) is 156 cm³/mol. The van der Waals surface area contributed by atoms with Crippen molar-refractivity contribution < 1.29 is 29.2 Å². The van der Waals surface area contributed by atoms with Gasteiger partial charge in [-0.15, -0.1) is 11.8 Å². The first-order valence-corrected chi connectivity index (χ1v) is 14.7. The summed E-state index contributed by atoms with van der Waals surface area (Å²) < 4.78 is 5.69. The van der Waals surface area contributed by atoms with Crippen molar-refractivity contribution in [3.8, 4) is 5.75 Å². The van der Waals surface area contributed by atoms with Crippen molar-refractivity contribution in [1.82, 2.24) is 10.2 Å². The minimum atomic E-state index is -1.81. The molecule has 218 valence electrons. The van der Waals surface area contributed by atoms with Crippen LogP contribution in [0.1, 0.15) is 30.5 Å². The minimum absolute atomic E-state index is 0.127. The number of carboxylic acids is 1. The van der Waals surface area contributed by atoms with Crippen LogP contribution in [0.3, 0.4) is 0 Å². The smallest absolute Gasteiger partial charge is 0.325 e. The first-order chi connectivity index (χ1) is 20.2. The van der Waals surface area contributed by atoms with Gasteiger partial charge >= 0.3 is 5.97 Å². The van der Waals surface area contributed by atoms with Crippen LogP contribution in [0.15, 0.2) is 83.8 Å². The monoisotopic (exact) mass is 589 g/mol. The van der Waals surface area contributed by atoms with Crippen molar-refractivity contribution in [3.05, 3.63) is 100 Å². The number of carbonyl (C=O) groups excluding carboxylic acids is 2. The Balaban J connectivity index is 1.48. The molecule has 0 spiro atoms. The van der Waals surface area contributed by atoms with Crippen molar-refractivity contribution in [2.75, 3.05) is 18.9 Å². The van der Waals surface area contributed by atoms with E-state index in [1.165, 1.54) is 40.9 Å². The van der Waals surface area contributed by atoms with Crippen LogP contribution in [0.25, 0.3) is 0 Å². The number of hydrogen-bond donors (Lipinski definition) is 2. The summed E-state index contributed by atoms with van der Waals surface area (Å²) in [6.45, 7) is 2.69. The third-order valence-electron chi connectivity index (χ3n) is 7.80. The average Bonchev–Trinajstić information content (AvgIpc) is 3.46. The van der Waals surface area contributed by atoms with Crippen LogP contribution >= 0.6 is 11.8 Å². The molecular weight excluding hydrogens is 558 g/mol. The van der Waals surface area contributed by atoms with Gasteiger partial charge in [-0.25, -0.2) is 0 Å². The second-order valence-corrected chi connectivity index (χ2v) is 11.6. The number of likely N-dealkylation sites (tertiary alicyclic amines) is 1. The molecule has 3 aromatic carbocycles. The van der Waals surface area contributed by atoms with E-state index in [2.05, 4.69) is 5.32 Å². The van der Waals surface area contributed by atoms with Crippen molar-refractivity contribution >= 4 is 35.2 Å². The number of carbonyl (C=O) groups is 3. The lowest BCUT2D eigenvalue weighted by Crippen LogP contribution is -2.57. The fraction of sp³-hybridized carbons (Fsp3) is 0.323. The van der Waals surface area contributed by atoms with E-state index in [-0.39, 0.29) is 18.7 Å². The lowest BCUT2D eigenvalue weighted by atomic mass is 9.76. The predicted octanol–water partition coefficient (Wildman–Crippen LogP) is 4.49. The number of imide groups is 1. The number of aliphatic carboxylic acids is 1. The average molecular weight is 590 g/mol. The molecule has 2 heterocycles. The number of benzene rings is 3. The number of ether oxygens (including phenoxy) is 1. The summed E-state index contributed by atoms with van der Waals surface area (Å²) in [4.78, 5) is 53.7. The zero-order valence-corrected chi connectivity index (χ0v) is 23.8. The number of nitrogens with one attached hydrogen (secondary N) is 1. The normalized spacial score (nSPS) is 23.2. The van der Waals surface area contributed by atoms with Crippen LogP contribution in [0, 0.1) is 22.0 Å². The minimum Gasteiger partial charge on any atom is -0.494 e. The molecule has 0 saturated carbocycles. The van der Waals surface area contributed by atoms with Gasteiger partial charge in [0, 0.05) is 41.8 Å². The summed E-state index contributed by atoms with van der Waals surface area (Å²) >= 11 is 1.51. The van der Waals surface area contributed by atoms with Gasteiger partial charge < -0.3 is 9.84 Å². The lowest BCUT2D eigenvalue weighted by Gasteiger charge is -2.31. The van der Waals surface area contributed by atoms with Crippen LogP contribution in [-0.2, 0) is 20.8 Å². The number of thioether (sulfide) groups is 1. The van der Waals surface area contributed by atoms with Crippen LogP contribution in [0.2, 0.25) is 0 Å². The Bertz CT molecular complexity index is 1470. The van der Waals surface area contributed by atoms with E-state index in [1.807, 2.05) is 37.3 Å². The summed E-state index contributed by atoms with van der Waals surface area (Å²) in [7, 11) is 0. The number of amides is 2. The third-order valence-corrected chi connectivity index (χ3v) is 8.79. The van der Waals surface area contributed by atoms with Crippen molar-refractivity contribution in [2.24, 2.45) is 11.8 Å². The quantitative estimate of drug-likeness (QED) is 0.135. The fourth-order valence-corrected chi connectivity index (χ4v) is 6.68. The summed E-state index contributed by atoms with van der Waals surface area (Å²) in [5, 5.41) is 25.0. The summed E-state index contributed by atoms with van der Waals surface area (Å²) in [5.74, 6) is -3.18. The topological polar surface area (TPSA) is 139 Å². The summed E-state index contributed by atoms with van der Waals surface area (Å²) in [6, 6.07) is 21.6.